The van der Waals surface area contributed by atoms with Gasteiger partial charge in [0.2, 0.25) is 0 Å². The molecule has 6 nitrogen and oxygen atoms in total. The van der Waals surface area contributed by atoms with Crippen LogP contribution >= 0.6 is 0 Å². The molecule has 0 unspecified atom stereocenters. The van der Waals surface area contributed by atoms with Gasteiger partial charge in [-0.15, -0.1) is 0 Å². The number of nitrogens with one attached hydrogen (secondary N) is 2. The Hall–Kier alpha value is -2.70. The van der Waals surface area contributed by atoms with Crippen LogP contribution in [0.4, 0.5) is 5.69 Å². The van der Waals surface area contributed by atoms with E-state index in [4.69, 9.17) is 4.74 Å². The summed E-state index contributed by atoms with van der Waals surface area (Å²) in [7, 11) is 1.55. The SMILES string of the molecule is COCCNC(=O)c1ccc(CO)cc1NC(=O)c1ccccc1C. The van der Waals surface area contributed by atoms with Crippen molar-refractivity contribution in [3.63, 3.8) is 0 Å². The molecule has 0 aliphatic carbocycles. The van der Waals surface area contributed by atoms with E-state index < -0.39 is 0 Å². The number of benzene rings is 2. The topological polar surface area (TPSA) is 87.7 Å². The minimum atomic E-state index is -0.318. The van der Waals surface area contributed by atoms with Crippen molar-refractivity contribution in [2.45, 2.75) is 13.5 Å². The molecule has 2 amide bonds. The number of aryl methyl sites for hydroxylation is 1. The zero-order valence-corrected chi connectivity index (χ0v) is 14.3. The molecule has 0 radical (unpaired) electrons. The van der Waals surface area contributed by atoms with Gasteiger partial charge in [0.25, 0.3) is 11.8 Å². The lowest BCUT2D eigenvalue weighted by Gasteiger charge is -2.13. The van der Waals surface area contributed by atoms with Crippen LogP contribution in [-0.4, -0.2) is 37.2 Å². The lowest BCUT2D eigenvalue weighted by Crippen LogP contribution is -2.28. The molecule has 25 heavy (non-hydrogen) atoms. The van der Waals surface area contributed by atoms with Crippen LogP contribution < -0.4 is 10.6 Å². The lowest BCUT2D eigenvalue weighted by molar-refractivity contribution is 0.0938. The molecule has 0 saturated heterocycles. The summed E-state index contributed by atoms with van der Waals surface area (Å²) in [5, 5.41) is 14.8. The third-order valence-electron chi connectivity index (χ3n) is 3.74. The summed E-state index contributed by atoms with van der Waals surface area (Å²) in [5.41, 5.74) is 2.66. The van der Waals surface area contributed by atoms with Crippen LogP contribution in [-0.2, 0) is 11.3 Å². The molecular formula is C19H22N2O4. The summed E-state index contributed by atoms with van der Waals surface area (Å²) < 4.78 is 4.91. The number of aliphatic hydroxyl groups is 1. The maximum absolute atomic E-state index is 12.5. The fourth-order valence-corrected chi connectivity index (χ4v) is 2.37. The summed E-state index contributed by atoms with van der Waals surface area (Å²) in [6.07, 6.45) is 0. The molecule has 3 N–H and O–H groups in total. The molecule has 2 aromatic rings. The van der Waals surface area contributed by atoms with E-state index in [0.29, 0.717) is 35.5 Å². The standard InChI is InChI=1S/C19H22N2O4/c1-13-5-3-4-6-15(13)19(24)21-17-11-14(12-22)7-8-16(17)18(23)20-9-10-25-2/h3-8,11,22H,9-10,12H2,1-2H3,(H,20,23)(H,21,24). The molecule has 0 aliphatic rings. The molecule has 0 spiro atoms. The number of methoxy groups -OCH3 is 1. The molecule has 6 heteroatoms. The van der Waals surface area contributed by atoms with Gasteiger partial charge in [0, 0.05) is 19.2 Å². The first-order chi connectivity index (χ1) is 12.1. The van der Waals surface area contributed by atoms with Crippen LogP contribution in [0.1, 0.15) is 31.8 Å². The normalized spacial score (nSPS) is 10.4. The Kier molecular flexibility index (Phi) is 6.68. The largest absolute Gasteiger partial charge is 0.392 e. The summed E-state index contributed by atoms with van der Waals surface area (Å²) in [4.78, 5) is 24.9. The van der Waals surface area contributed by atoms with Crippen molar-refractivity contribution >= 4 is 17.5 Å². The molecule has 0 heterocycles. The Labute approximate surface area is 146 Å². The molecule has 0 bridgehead atoms. The number of hydrogen-bond acceptors (Lipinski definition) is 4. The fourth-order valence-electron chi connectivity index (χ4n) is 2.37. The Morgan fingerprint density at radius 1 is 1.08 bits per heavy atom. The highest BCUT2D eigenvalue weighted by molar-refractivity contribution is 6.09. The minimum absolute atomic E-state index is 0.182. The average molecular weight is 342 g/mol. The summed E-state index contributed by atoms with van der Waals surface area (Å²) in [5.74, 6) is -0.624. The number of rotatable bonds is 7. The molecule has 0 aromatic heterocycles. The molecule has 0 saturated carbocycles. The van der Waals surface area contributed by atoms with E-state index in [1.54, 1.807) is 37.4 Å². The van der Waals surface area contributed by atoms with Gasteiger partial charge in [0.05, 0.1) is 24.5 Å². The van der Waals surface area contributed by atoms with Crippen LogP contribution in [0.15, 0.2) is 42.5 Å². The van der Waals surface area contributed by atoms with E-state index in [0.717, 1.165) is 5.56 Å². The second kappa shape index (κ2) is 8.96. The predicted molar refractivity (Wildman–Crippen MR) is 95.7 cm³/mol. The first-order valence-corrected chi connectivity index (χ1v) is 7.94. The maximum Gasteiger partial charge on any atom is 0.255 e. The van der Waals surface area contributed by atoms with Gasteiger partial charge in [-0.3, -0.25) is 9.59 Å². The van der Waals surface area contributed by atoms with E-state index in [9.17, 15) is 14.7 Å². The van der Waals surface area contributed by atoms with Crippen LogP contribution in [0.25, 0.3) is 0 Å². The Morgan fingerprint density at radius 2 is 1.84 bits per heavy atom. The molecule has 2 rings (SSSR count). The van der Waals surface area contributed by atoms with Gasteiger partial charge in [-0.25, -0.2) is 0 Å². The highest BCUT2D eigenvalue weighted by Crippen LogP contribution is 2.20. The van der Waals surface area contributed by atoms with Gasteiger partial charge in [0.1, 0.15) is 0 Å². The quantitative estimate of drug-likeness (QED) is 0.673. The number of aliphatic hydroxyl groups excluding tert-OH is 1. The zero-order chi connectivity index (χ0) is 18.2. The highest BCUT2D eigenvalue weighted by Gasteiger charge is 2.16. The van der Waals surface area contributed by atoms with E-state index >= 15 is 0 Å². The second-order valence-electron chi connectivity index (χ2n) is 5.56. The molecular weight excluding hydrogens is 320 g/mol. The van der Waals surface area contributed by atoms with Crippen molar-refractivity contribution in [3.05, 3.63) is 64.7 Å². The monoisotopic (exact) mass is 342 g/mol. The average Bonchev–Trinajstić information content (AvgIpc) is 2.62. The molecule has 2 aromatic carbocycles. The summed E-state index contributed by atoms with van der Waals surface area (Å²) in [6, 6.07) is 12.0. The van der Waals surface area contributed by atoms with Crippen molar-refractivity contribution in [2.75, 3.05) is 25.6 Å². The molecule has 0 aliphatic heterocycles. The van der Waals surface area contributed by atoms with Gasteiger partial charge in [-0.05, 0) is 36.2 Å². The van der Waals surface area contributed by atoms with Gasteiger partial charge in [-0.2, -0.15) is 0 Å². The number of ether oxygens (including phenoxy) is 1. The molecule has 132 valence electrons. The van der Waals surface area contributed by atoms with E-state index in [-0.39, 0.29) is 18.4 Å². The first-order valence-electron chi connectivity index (χ1n) is 7.94. The summed E-state index contributed by atoms with van der Waals surface area (Å²) >= 11 is 0. The maximum atomic E-state index is 12.5. The third-order valence-corrected chi connectivity index (χ3v) is 3.74. The van der Waals surface area contributed by atoms with Crippen LogP contribution in [0, 0.1) is 6.92 Å². The summed E-state index contributed by atoms with van der Waals surface area (Å²) in [6.45, 7) is 2.42. The minimum Gasteiger partial charge on any atom is -0.392 e. The number of hydrogen-bond donors (Lipinski definition) is 3. The van der Waals surface area contributed by atoms with Crippen molar-refractivity contribution in [2.24, 2.45) is 0 Å². The van der Waals surface area contributed by atoms with Gasteiger partial charge in [-0.1, -0.05) is 24.3 Å². The van der Waals surface area contributed by atoms with Gasteiger partial charge in [0.15, 0.2) is 0 Å². The van der Waals surface area contributed by atoms with Crippen LogP contribution in [0.3, 0.4) is 0 Å². The Balaban J connectivity index is 2.26. The lowest BCUT2D eigenvalue weighted by atomic mass is 10.1. The number of amides is 2. The van der Waals surface area contributed by atoms with Crippen molar-refractivity contribution in [3.8, 4) is 0 Å². The van der Waals surface area contributed by atoms with Crippen molar-refractivity contribution in [1.82, 2.24) is 5.32 Å². The Bertz CT molecular complexity index is 759. The van der Waals surface area contributed by atoms with Crippen molar-refractivity contribution < 1.29 is 19.4 Å². The number of carbonyl (C=O) groups is 2. The highest BCUT2D eigenvalue weighted by atomic mass is 16.5. The number of carbonyl (C=O) groups excluding carboxylic acids is 2. The van der Waals surface area contributed by atoms with Gasteiger partial charge >= 0.3 is 0 Å². The Morgan fingerprint density at radius 3 is 2.52 bits per heavy atom. The van der Waals surface area contributed by atoms with E-state index in [1.165, 1.54) is 0 Å². The second-order valence-corrected chi connectivity index (χ2v) is 5.56. The van der Waals surface area contributed by atoms with E-state index in [1.807, 2.05) is 19.1 Å². The first kappa shape index (κ1) is 18.6. The molecule has 0 fully saturated rings. The van der Waals surface area contributed by atoms with E-state index in [2.05, 4.69) is 10.6 Å². The van der Waals surface area contributed by atoms with Crippen LogP contribution in [0.2, 0.25) is 0 Å². The zero-order valence-electron chi connectivity index (χ0n) is 14.3. The predicted octanol–water partition coefficient (Wildman–Crippen LogP) is 2.12. The fraction of sp³-hybridized carbons (Fsp3) is 0.263. The third kappa shape index (κ3) is 4.89. The smallest absolute Gasteiger partial charge is 0.255 e. The molecule has 0 atom stereocenters. The van der Waals surface area contributed by atoms with Crippen LogP contribution in [0.5, 0.6) is 0 Å². The van der Waals surface area contributed by atoms with Crippen molar-refractivity contribution in [1.29, 1.82) is 0 Å². The van der Waals surface area contributed by atoms with Gasteiger partial charge < -0.3 is 20.5 Å². The number of anilines is 1.